The lowest BCUT2D eigenvalue weighted by atomic mass is 10.1. The molecule has 2 aromatic rings. The number of carbonyl (C=O) groups is 1. The maximum Gasteiger partial charge on any atom is 0.164 e. The molecule has 1 aliphatic carbocycles. The number of hydrogen-bond donors (Lipinski definition) is 0. The molecule has 0 aliphatic heterocycles. The third kappa shape index (κ3) is 2.98. The second kappa shape index (κ2) is 5.89. The summed E-state index contributed by atoms with van der Waals surface area (Å²) >= 11 is 0. The summed E-state index contributed by atoms with van der Waals surface area (Å²) in [4.78, 5) is 12.2. The van der Waals surface area contributed by atoms with E-state index < -0.39 is 13.0 Å². The van der Waals surface area contributed by atoms with Gasteiger partial charge in [-0.05, 0) is 44.0 Å². The number of Topliss-reactive ketones (excluding diaryl/α,β-unsaturated/α-hetero) is 1. The van der Waals surface area contributed by atoms with E-state index in [-0.39, 0.29) is 17.1 Å². The van der Waals surface area contributed by atoms with Crippen LogP contribution in [0, 0.1) is 17.1 Å². The number of fused-ring (bicyclic) bond motifs is 1. The molecule has 0 saturated heterocycles. The molecular formula is C18H15FNO3P. The normalized spacial score (nSPS) is 13.5. The first kappa shape index (κ1) is 16.4. The Morgan fingerprint density at radius 3 is 2.62 bits per heavy atom. The number of nitrogens with zero attached hydrogens (tertiary/aromatic N) is 1. The molecule has 4 nitrogen and oxygen atoms in total. The summed E-state index contributed by atoms with van der Waals surface area (Å²) in [5.74, 6) is 0.00547. The van der Waals surface area contributed by atoms with Crippen molar-refractivity contribution >= 4 is 18.2 Å². The number of benzene rings is 2. The number of halogens is 1. The summed E-state index contributed by atoms with van der Waals surface area (Å²) in [7, 11) is -2.60. The van der Waals surface area contributed by atoms with E-state index in [4.69, 9.17) is 10.00 Å². The molecule has 0 heterocycles. The minimum Gasteiger partial charge on any atom is -0.457 e. The first-order valence-corrected chi connectivity index (χ1v) is 10.0. The van der Waals surface area contributed by atoms with Gasteiger partial charge < -0.3 is 9.30 Å². The number of carbonyl (C=O) groups excluding carboxylic acids is 1. The Hall–Kier alpha value is -2.44. The van der Waals surface area contributed by atoms with Gasteiger partial charge in [0.05, 0.1) is 11.6 Å². The van der Waals surface area contributed by atoms with Crippen molar-refractivity contribution in [2.45, 2.75) is 12.8 Å². The van der Waals surface area contributed by atoms with Crippen molar-refractivity contribution < 1.29 is 18.5 Å². The van der Waals surface area contributed by atoms with Gasteiger partial charge in [0.15, 0.2) is 5.78 Å². The molecule has 0 N–H and O–H groups in total. The van der Waals surface area contributed by atoms with Crippen molar-refractivity contribution in [1.82, 2.24) is 0 Å². The van der Waals surface area contributed by atoms with Gasteiger partial charge in [-0.2, -0.15) is 5.26 Å². The summed E-state index contributed by atoms with van der Waals surface area (Å²) in [5.41, 5.74) is 1.32. The van der Waals surface area contributed by atoms with E-state index in [1.165, 1.54) is 12.1 Å². The van der Waals surface area contributed by atoms with Crippen molar-refractivity contribution in [2.75, 3.05) is 13.3 Å². The largest absolute Gasteiger partial charge is 0.457 e. The highest BCUT2D eigenvalue weighted by atomic mass is 31.2. The van der Waals surface area contributed by atoms with Gasteiger partial charge in [-0.3, -0.25) is 4.79 Å². The summed E-state index contributed by atoms with van der Waals surface area (Å²) in [6, 6.07) is 8.91. The molecule has 3 rings (SSSR count). The molecule has 0 aromatic heterocycles. The second-order valence-corrected chi connectivity index (χ2v) is 9.28. The van der Waals surface area contributed by atoms with Crippen LogP contribution in [0.5, 0.6) is 11.5 Å². The molecule has 0 atom stereocenters. The predicted molar refractivity (Wildman–Crippen MR) is 89.4 cm³/mol. The highest BCUT2D eigenvalue weighted by molar-refractivity contribution is 7.70. The minimum absolute atomic E-state index is 0.0497. The first-order chi connectivity index (χ1) is 11.3. The Labute approximate surface area is 139 Å². The smallest absolute Gasteiger partial charge is 0.164 e. The zero-order valence-corrected chi connectivity index (χ0v) is 14.2. The lowest BCUT2D eigenvalue weighted by molar-refractivity contribution is 0.0995. The van der Waals surface area contributed by atoms with Gasteiger partial charge in [0.25, 0.3) is 0 Å². The van der Waals surface area contributed by atoms with Gasteiger partial charge in [0.2, 0.25) is 0 Å². The van der Waals surface area contributed by atoms with Crippen LogP contribution in [0.1, 0.15) is 27.9 Å². The fourth-order valence-corrected chi connectivity index (χ4v) is 4.13. The monoisotopic (exact) mass is 343 g/mol. The quantitative estimate of drug-likeness (QED) is 0.794. The standard InChI is InChI=1S/C18H15FNO3P/c1-24(2,22)17-6-5-16(14-3-4-15(21)18(14)17)23-13-8-11(10-20)7-12(19)9-13/h5-9H,3-4H2,1-2H3. The summed E-state index contributed by atoms with van der Waals surface area (Å²) < 4.78 is 31.7. The van der Waals surface area contributed by atoms with Crippen molar-refractivity contribution in [3.63, 3.8) is 0 Å². The summed E-state index contributed by atoms with van der Waals surface area (Å²) in [6.07, 6.45) is 0.840. The average molecular weight is 343 g/mol. The maximum absolute atomic E-state index is 13.6. The SMILES string of the molecule is CP(C)(=O)c1ccc(Oc2cc(F)cc(C#N)c2)c2c1C(=O)CC2. The molecule has 0 amide bonds. The molecular weight excluding hydrogens is 328 g/mol. The molecule has 0 unspecified atom stereocenters. The van der Waals surface area contributed by atoms with Crippen LogP contribution in [0.15, 0.2) is 30.3 Å². The molecule has 0 fully saturated rings. The fraction of sp³-hybridized carbons (Fsp3) is 0.222. The predicted octanol–water partition coefficient (Wildman–Crippen LogP) is 3.87. The van der Waals surface area contributed by atoms with Crippen molar-refractivity contribution in [3.05, 3.63) is 52.8 Å². The molecule has 24 heavy (non-hydrogen) atoms. The van der Waals surface area contributed by atoms with Crippen molar-refractivity contribution in [2.24, 2.45) is 0 Å². The summed E-state index contributed by atoms with van der Waals surface area (Å²) in [6.45, 7) is 3.25. The average Bonchev–Trinajstić information content (AvgIpc) is 2.88. The van der Waals surface area contributed by atoms with Crippen molar-refractivity contribution in [3.8, 4) is 17.6 Å². The molecule has 0 spiro atoms. The Balaban J connectivity index is 2.09. The van der Waals surface area contributed by atoms with E-state index in [0.29, 0.717) is 35.0 Å². The molecule has 0 bridgehead atoms. The van der Waals surface area contributed by atoms with Gasteiger partial charge in [-0.1, -0.05) is 0 Å². The lowest BCUT2D eigenvalue weighted by Gasteiger charge is -2.15. The fourth-order valence-electron chi connectivity index (χ4n) is 2.90. The Morgan fingerprint density at radius 2 is 1.96 bits per heavy atom. The summed E-state index contributed by atoms with van der Waals surface area (Å²) in [5, 5.41) is 9.48. The number of nitriles is 1. The Morgan fingerprint density at radius 1 is 1.21 bits per heavy atom. The van der Waals surface area contributed by atoms with Crippen LogP contribution in [0.25, 0.3) is 0 Å². The Kier molecular flexibility index (Phi) is 4.03. The van der Waals surface area contributed by atoms with E-state index in [2.05, 4.69) is 0 Å². The van der Waals surface area contributed by atoms with E-state index in [1.807, 2.05) is 6.07 Å². The van der Waals surface area contributed by atoms with Crippen LogP contribution >= 0.6 is 7.14 Å². The van der Waals surface area contributed by atoms with Gasteiger partial charge >= 0.3 is 0 Å². The first-order valence-electron chi connectivity index (χ1n) is 7.43. The minimum atomic E-state index is -2.60. The maximum atomic E-state index is 13.6. The topological polar surface area (TPSA) is 67.2 Å². The molecule has 1 aliphatic rings. The molecule has 0 saturated carbocycles. The molecule has 0 radical (unpaired) electrons. The third-order valence-electron chi connectivity index (χ3n) is 3.94. The van der Waals surface area contributed by atoms with E-state index in [1.54, 1.807) is 25.5 Å². The van der Waals surface area contributed by atoms with Gasteiger partial charge in [-0.25, -0.2) is 4.39 Å². The number of hydrogen-bond acceptors (Lipinski definition) is 4. The zero-order chi connectivity index (χ0) is 17.5. The molecule has 122 valence electrons. The van der Waals surface area contributed by atoms with Crippen LogP contribution < -0.4 is 10.0 Å². The highest BCUT2D eigenvalue weighted by Gasteiger charge is 2.30. The lowest BCUT2D eigenvalue weighted by Crippen LogP contribution is -2.14. The van der Waals surface area contributed by atoms with Crippen LogP contribution in [-0.4, -0.2) is 19.1 Å². The Bertz CT molecular complexity index is 940. The van der Waals surface area contributed by atoms with E-state index in [9.17, 15) is 13.8 Å². The zero-order valence-electron chi connectivity index (χ0n) is 13.3. The molecule has 2 aromatic carbocycles. The van der Waals surface area contributed by atoms with Crippen LogP contribution in [-0.2, 0) is 11.0 Å². The third-order valence-corrected chi connectivity index (χ3v) is 5.47. The van der Waals surface area contributed by atoms with E-state index >= 15 is 0 Å². The van der Waals surface area contributed by atoms with Gasteiger partial charge in [0, 0.05) is 28.9 Å². The number of rotatable bonds is 3. The number of ether oxygens (including phenoxy) is 1. The highest BCUT2D eigenvalue weighted by Crippen LogP contribution is 2.42. The van der Waals surface area contributed by atoms with Gasteiger partial charge in [-0.15, -0.1) is 0 Å². The van der Waals surface area contributed by atoms with Crippen LogP contribution in [0.4, 0.5) is 4.39 Å². The van der Waals surface area contributed by atoms with Crippen LogP contribution in [0.2, 0.25) is 0 Å². The molecule has 6 heteroatoms. The van der Waals surface area contributed by atoms with Gasteiger partial charge in [0.1, 0.15) is 24.5 Å². The number of ketones is 1. The second-order valence-electron chi connectivity index (χ2n) is 6.10. The van der Waals surface area contributed by atoms with Crippen LogP contribution in [0.3, 0.4) is 0 Å². The van der Waals surface area contributed by atoms with E-state index in [0.717, 1.165) is 6.07 Å². The van der Waals surface area contributed by atoms with Crippen molar-refractivity contribution in [1.29, 1.82) is 5.26 Å².